The SMILES string of the molecule is C=C(C)C1(O)[C@@H]2CC[C@@H]1c1ccccc12. The van der Waals surface area contributed by atoms with Gasteiger partial charge in [-0.15, -0.1) is 0 Å². The van der Waals surface area contributed by atoms with E-state index < -0.39 is 5.60 Å². The average molecular weight is 200 g/mol. The van der Waals surface area contributed by atoms with Crippen LogP contribution in [0.1, 0.15) is 42.7 Å². The van der Waals surface area contributed by atoms with E-state index in [2.05, 4.69) is 30.8 Å². The van der Waals surface area contributed by atoms with Crippen LogP contribution in [0.4, 0.5) is 0 Å². The lowest BCUT2D eigenvalue weighted by molar-refractivity contribution is 0.0636. The highest BCUT2D eigenvalue weighted by Gasteiger charge is 2.56. The minimum absolute atomic E-state index is 0.288. The van der Waals surface area contributed by atoms with E-state index in [9.17, 15) is 5.11 Å². The fourth-order valence-corrected chi connectivity index (χ4v) is 3.54. The highest BCUT2D eigenvalue weighted by molar-refractivity contribution is 5.50. The summed E-state index contributed by atoms with van der Waals surface area (Å²) >= 11 is 0. The molecule has 0 aliphatic heterocycles. The smallest absolute Gasteiger partial charge is 0.0987 e. The van der Waals surface area contributed by atoms with E-state index in [4.69, 9.17) is 0 Å². The van der Waals surface area contributed by atoms with Crippen LogP contribution >= 0.6 is 0 Å². The molecule has 1 aromatic carbocycles. The van der Waals surface area contributed by atoms with E-state index in [1.807, 2.05) is 6.92 Å². The molecular weight excluding hydrogens is 184 g/mol. The van der Waals surface area contributed by atoms with Crippen LogP contribution in [0.15, 0.2) is 36.4 Å². The molecule has 0 heterocycles. The molecule has 1 N–H and O–H groups in total. The van der Waals surface area contributed by atoms with Crippen molar-refractivity contribution < 1.29 is 5.11 Å². The maximum atomic E-state index is 10.8. The highest BCUT2D eigenvalue weighted by atomic mass is 16.3. The van der Waals surface area contributed by atoms with Gasteiger partial charge in [-0.3, -0.25) is 0 Å². The van der Waals surface area contributed by atoms with Crippen LogP contribution in [-0.4, -0.2) is 10.7 Å². The largest absolute Gasteiger partial charge is 0.384 e. The fourth-order valence-electron chi connectivity index (χ4n) is 3.54. The van der Waals surface area contributed by atoms with Crippen LogP contribution < -0.4 is 0 Å². The quantitative estimate of drug-likeness (QED) is 0.691. The van der Waals surface area contributed by atoms with E-state index in [-0.39, 0.29) is 11.8 Å². The molecule has 1 fully saturated rings. The molecule has 2 atom stereocenters. The Hall–Kier alpha value is -1.08. The Kier molecular flexibility index (Phi) is 1.67. The molecule has 0 saturated heterocycles. The first-order valence-electron chi connectivity index (χ1n) is 5.63. The highest BCUT2D eigenvalue weighted by Crippen LogP contribution is 2.61. The van der Waals surface area contributed by atoms with Crippen LogP contribution in [0, 0.1) is 0 Å². The molecular formula is C14H16O. The van der Waals surface area contributed by atoms with Gasteiger partial charge in [0.05, 0.1) is 5.60 Å². The number of fused-ring (bicyclic) bond motifs is 5. The van der Waals surface area contributed by atoms with E-state index in [0.717, 1.165) is 18.4 Å². The molecule has 78 valence electrons. The van der Waals surface area contributed by atoms with Gasteiger partial charge < -0.3 is 5.11 Å². The van der Waals surface area contributed by atoms with Crippen LogP contribution in [0.5, 0.6) is 0 Å². The summed E-state index contributed by atoms with van der Waals surface area (Å²) in [5, 5.41) is 10.8. The molecule has 0 radical (unpaired) electrons. The summed E-state index contributed by atoms with van der Waals surface area (Å²) in [6.07, 6.45) is 2.20. The van der Waals surface area contributed by atoms with Crippen molar-refractivity contribution in [3.05, 3.63) is 47.5 Å². The Bertz CT molecular complexity index is 402. The van der Waals surface area contributed by atoms with E-state index in [1.54, 1.807) is 0 Å². The molecule has 1 saturated carbocycles. The molecule has 1 heteroatoms. The Morgan fingerprint density at radius 3 is 2.13 bits per heavy atom. The van der Waals surface area contributed by atoms with Crippen molar-refractivity contribution in [2.24, 2.45) is 0 Å². The zero-order valence-corrected chi connectivity index (χ0v) is 9.03. The summed E-state index contributed by atoms with van der Waals surface area (Å²) in [5.41, 5.74) is 2.95. The van der Waals surface area contributed by atoms with Gasteiger partial charge in [0.1, 0.15) is 0 Å². The predicted molar refractivity (Wildman–Crippen MR) is 60.9 cm³/mol. The van der Waals surface area contributed by atoms with Crippen molar-refractivity contribution in [2.45, 2.75) is 37.2 Å². The molecule has 15 heavy (non-hydrogen) atoms. The Balaban J connectivity index is 2.20. The normalized spacial score (nSPS) is 36.7. The number of benzene rings is 1. The molecule has 0 aromatic heterocycles. The van der Waals surface area contributed by atoms with Crippen LogP contribution in [0.25, 0.3) is 0 Å². The second-order valence-corrected chi connectivity index (χ2v) is 4.92. The third-order valence-electron chi connectivity index (χ3n) is 4.24. The maximum Gasteiger partial charge on any atom is 0.0987 e. The lowest BCUT2D eigenvalue weighted by atomic mass is 9.83. The molecule has 0 amide bonds. The minimum Gasteiger partial charge on any atom is -0.384 e. The first-order valence-corrected chi connectivity index (χ1v) is 5.63. The summed E-state index contributed by atoms with van der Waals surface area (Å²) in [6.45, 7) is 5.94. The molecule has 0 spiro atoms. The number of hydrogen-bond donors (Lipinski definition) is 1. The molecule has 2 aliphatic rings. The van der Waals surface area contributed by atoms with Crippen molar-refractivity contribution in [3.63, 3.8) is 0 Å². The Morgan fingerprint density at radius 1 is 1.27 bits per heavy atom. The number of hydrogen-bond acceptors (Lipinski definition) is 1. The molecule has 1 nitrogen and oxygen atoms in total. The summed E-state index contributed by atoms with van der Waals surface area (Å²) < 4.78 is 0. The van der Waals surface area contributed by atoms with Crippen molar-refractivity contribution in [3.8, 4) is 0 Å². The zero-order valence-electron chi connectivity index (χ0n) is 9.03. The van der Waals surface area contributed by atoms with Gasteiger partial charge in [0.15, 0.2) is 0 Å². The number of rotatable bonds is 1. The predicted octanol–water partition coefficient (Wildman–Crippen LogP) is 2.97. The third kappa shape index (κ3) is 0.920. The third-order valence-corrected chi connectivity index (χ3v) is 4.24. The van der Waals surface area contributed by atoms with Crippen molar-refractivity contribution >= 4 is 0 Å². The van der Waals surface area contributed by atoms with E-state index >= 15 is 0 Å². The number of aliphatic hydroxyl groups is 1. The van der Waals surface area contributed by atoms with Gasteiger partial charge in [-0.2, -0.15) is 0 Å². The molecule has 1 aromatic rings. The van der Waals surface area contributed by atoms with Crippen LogP contribution in [0.2, 0.25) is 0 Å². The summed E-state index contributed by atoms with van der Waals surface area (Å²) in [7, 11) is 0. The Labute approximate surface area is 90.4 Å². The maximum absolute atomic E-state index is 10.8. The lowest BCUT2D eigenvalue weighted by Crippen LogP contribution is -2.33. The van der Waals surface area contributed by atoms with Gasteiger partial charge in [0.25, 0.3) is 0 Å². The topological polar surface area (TPSA) is 20.2 Å². The molecule has 3 rings (SSSR count). The molecule has 2 aliphatic carbocycles. The van der Waals surface area contributed by atoms with Gasteiger partial charge in [-0.25, -0.2) is 0 Å². The van der Waals surface area contributed by atoms with Crippen LogP contribution in [-0.2, 0) is 0 Å². The standard InChI is InChI=1S/C14H16O/c1-9(2)14(15)12-7-8-13(14)11-6-4-3-5-10(11)12/h3-6,12-13,15H,1,7-8H2,2H3/t12-,13-/m1/s1. The second-order valence-electron chi connectivity index (χ2n) is 4.92. The van der Waals surface area contributed by atoms with Crippen molar-refractivity contribution in [1.29, 1.82) is 0 Å². The van der Waals surface area contributed by atoms with E-state index in [0.29, 0.717) is 0 Å². The Morgan fingerprint density at radius 2 is 1.73 bits per heavy atom. The minimum atomic E-state index is -0.663. The lowest BCUT2D eigenvalue weighted by Gasteiger charge is -2.29. The first kappa shape index (κ1) is 9.17. The van der Waals surface area contributed by atoms with Crippen molar-refractivity contribution in [2.75, 3.05) is 0 Å². The van der Waals surface area contributed by atoms with Gasteiger partial charge in [-0.05, 0) is 36.5 Å². The van der Waals surface area contributed by atoms with Gasteiger partial charge >= 0.3 is 0 Å². The van der Waals surface area contributed by atoms with Gasteiger partial charge in [-0.1, -0.05) is 30.8 Å². The summed E-state index contributed by atoms with van der Waals surface area (Å²) in [6, 6.07) is 8.46. The fraction of sp³-hybridized carbons (Fsp3) is 0.429. The van der Waals surface area contributed by atoms with E-state index in [1.165, 1.54) is 11.1 Å². The first-order chi connectivity index (χ1) is 7.15. The average Bonchev–Trinajstić information content (AvgIpc) is 2.70. The summed E-state index contributed by atoms with van der Waals surface area (Å²) in [5.74, 6) is 0.576. The monoisotopic (exact) mass is 200 g/mol. The van der Waals surface area contributed by atoms with Gasteiger partial charge in [0.2, 0.25) is 0 Å². The van der Waals surface area contributed by atoms with Gasteiger partial charge in [0, 0.05) is 11.8 Å². The zero-order chi connectivity index (χ0) is 10.6. The summed E-state index contributed by atoms with van der Waals surface area (Å²) in [4.78, 5) is 0. The van der Waals surface area contributed by atoms with Crippen molar-refractivity contribution in [1.82, 2.24) is 0 Å². The second kappa shape index (κ2) is 2.73. The molecule has 2 bridgehead atoms. The molecule has 0 unspecified atom stereocenters. The van der Waals surface area contributed by atoms with Crippen LogP contribution in [0.3, 0.4) is 0 Å².